The molecule has 0 amide bonds. The first kappa shape index (κ1) is 87.7. The van der Waals surface area contributed by atoms with E-state index in [1.807, 2.05) is 66.7 Å². The van der Waals surface area contributed by atoms with Gasteiger partial charge in [-0.05, 0) is 248 Å². The minimum Gasteiger partial charge on any atom is -0.456 e. The molecule has 128 heavy (non-hydrogen) atoms. The average molecular weight is 1660 g/mol. The Kier molecular flexibility index (Phi) is 28.5. The second kappa shape index (κ2) is 41.6. The molecule has 0 aliphatic heterocycles. The van der Waals surface area contributed by atoms with Crippen molar-refractivity contribution in [1.29, 1.82) is 0 Å². The van der Waals surface area contributed by atoms with E-state index in [4.69, 9.17) is 13.3 Å². The van der Waals surface area contributed by atoms with Gasteiger partial charge in [-0.2, -0.15) is 0 Å². The van der Waals surface area contributed by atoms with E-state index >= 15 is 0 Å². The topological polar surface area (TPSA) is 39.4 Å². The summed E-state index contributed by atoms with van der Waals surface area (Å²) in [5.74, 6) is 0. The van der Waals surface area contributed by atoms with Crippen molar-refractivity contribution in [1.82, 2.24) is 0 Å². The molecule has 0 N–H and O–H groups in total. The third-order valence-electron chi connectivity index (χ3n) is 23.1. The van der Waals surface area contributed by atoms with E-state index in [0.29, 0.717) is 0 Å². The summed E-state index contributed by atoms with van der Waals surface area (Å²) in [5, 5.41) is 17.8. The number of aryl methyl sites for hydroxylation is 13. The van der Waals surface area contributed by atoms with Crippen molar-refractivity contribution < 1.29 is 13.3 Å². The molecule has 0 aliphatic rings. The fourth-order valence-electron chi connectivity index (χ4n) is 17.0. The van der Waals surface area contributed by atoms with Crippen LogP contribution in [0.4, 0.5) is 0 Å². The molecule has 0 aliphatic carbocycles. The van der Waals surface area contributed by atoms with Gasteiger partial charge in [-0.25, -0.2) is 0 Å². The van der Waals surface area contributed by atoms with Crippen LogP contribution in [0.2, 0.25) is 0 Å². The van der Waals surface area contributed by atoms with E-state index in [0.717, 1.165) is 33.5 Å². The first-order chi connectivity index (χ1) is 62.3. The van der Waals surface area contributed by atoms with Crippen molar-refractivity contribution in [2.24, 2.45) is 0 Å². The zero-order valence-electron chi connectivity index (χ0n) is 75.7. The smallest absolute Gasteiger partial charge is 0.138 e. The highest BCUT2D eigenvalue weighted by Gasteiger charge is 2.12. The highest BCUT2D eigenvalue weighted by atomic mass is 16.3. The molecule has 0 unspecified atom stereocenters. The van der Waals surface area contributed by atoms with Crippen molar-refractivity contribution in [3.05, 3.63) is 503 Å². The Hall–Kier alpha value is -15.2. The number of fused-ring (bicyclic) bond motifs is 13. The average Bonchev–Trinajstić information content (AvgIpc) is 1.61. The second-order valence-electron chi connectivity index (χ2n) is 33.6. The highest BCUT2D eigenvalue weighted by molar-refractivity contribution is 6.08. The quantitative estimate of drug-likeness (QED) is 0.176. The van der Waals surface area contributed by atoms with Gasteiger partial charge >= 0.3 is 0 Å². The first-order valence-electron chi connectivity index (χ1n) is 44.2. The van der Waals surface area contributed by atoms with Crippen LogP contribution in [0.1, 0.15) is 72.3 Å². The normalized spacial score (nSPS) is 10.7. The largest absolute Gasteiger partial charge is 0.456 e. The van der Waals surface area contributed by atoms with E-state index in [2.05, 4.69) is 454 Å². The summed E-state index contributed by atoms with van der Waals surface area (Å²) in [6.07, 6.45) is 0. The zero-order chi connectivity index (χ0) is 89.0. The third-order valence-corrected chi connectivity index (χ3v) is 23.1. The van der Waals surface area contributed by atoms with Gasteiger partial charge in [-0.1, -0.05) is 432 Å². The van der Waals surface area contributed by atoms with Crippen molar-refractivity contribution in [2.45, 2.75) is 90.0 Å². The van der Waals surface area contributed by atoms with Crippen LogP contribution in [0.3, 0.4) is 0 Å². The SMILES string of the molecule is Cc1cc(C)cc(C)c1.Cc1cc(C)cc(C)c1.Cc1ccc(-c2ccccc2)c2ccccc12.Cc1ccc2c(c1)oc1ccccc12.Cc1ccc2cc(-c3ccccc3)ccc2c1.Cc1ccc2ccc(-c3ccccc3)cc2c1.Cc1ccc2oc3ccccc3c2c1.Cc1cccc2c(-c3ccccc3)cccc12.Cc1cccc2c1oc1ccccc12. The number of benzene rings is 20. The van der Waals surface area contributed by atoms with E-state index < -0.39 is 0 Å². The van der Waals surface area contributed by atoms with E-state index in [1.165, 1.54) is 192 Å². The summed E-state index contributed by atoms with van der Waals surface area (Å²) < 4.78 is 17.2. The fraction of sp³-hybridized carbons (Fsp3) is 0.104. The molecule has 0 fully saturated rings. The lowest BCUT2D eigenvalue weighted by Crippen LogP contribution is -1.83. The Balaban J connectivity index is 0.000000112. The van der Waals surface area contributed by atoms with Gasteiger partial charge < -0.3 is 13.3 Å². The summed E-state index contributed by atoms with van der Waals surface area (Å²) >= 11 is 0. The van der Waals surface area contributed by atoms with Crippen LogP contribution in [0, 0.1) is 90.0 Å². The van der Waals surface area contributed by atoms with Crippen molar-refractivity contribution in [3.63, 3.8) is 0 Å². The monoisotopic (exact) mass is 1660 g/mol. The Labute approximate surface area is 754 Å². The van der Waals surface area contributed by atoms with Gasteiger partial charge in [0.2, 0.25) is 0 Å². The molecule has 0 saturated heterocycles. The van der Waals surface area contributed by atoms with Crippen molar-refractivity contribution >= 4 is 109 Å². The molecule has 0 radical (unpaired) electrons. The summed E-state index contributed by atoms with van der Waals surface area (Å²) in [6, 6.07) is 151. The lowest BCUT2D eigenvalue weighted by molar-refractivity contribution is 0.665. The van der Waals surface area contributed by atoms with Crippen LogP contribution in [0.15, 0.2) is 444 Å². The van der Waals surface area contributed by atoms with Gasteiger partial charge in [0.15, 0.2) is 0 Å². The number of furan rings is 3. The Bertz CT molecular complexity index is 7450. The third kappa shape index (κ3) is 22.1. The predicted octanol–water partition coefficient (Wildman–Crippen LogP) is 36.2. The molecule has 3 heteroatoms. The Morgan fingerprint density at radius 3 is 0.992 bits per heavy atom. The number of para-hydroxylation sites is 4. The number of hydrogen-bond donors (Lipinski definition) is 0. The van der Waals surface area contributed by atoms with Crippen molar-refractivity contribution in [3.8, 4) is 44.5 Å². The molecule has 23 rings (SSSR count). The van der Waals surface area contributed by atoms with Gasteiger partial charge in [0.1, 0.15) is 33.5 Å². The highest BCUT2D eigenvalue weighted by Crippen LogP contribution is 2.36. The van der Waals surface area contributed by atoms with Crippen LogP contribution < -0.4 is 0 Å². The summed E-state index contributed by atoms with van der Waals surface area (Å²) in [6.45, 7) is 27.6. The van der Waals surface area contributed by atoms with Crippen LogP contribution in [-0.2, 0) is 0 Å². The summed E-state index contributed by atoms with van der Waals surface area (Å²) in [7, 11) is 0. The maximum absolute atomic E-state index is 5.78. The molecule has 20 aromatic carbocycles. The summed E-state index contributed by atoms with van der Waals surface area (Å²) in [5.41, 5.74) is 33.3. The van der Waals surface area contributed by atoms with Gasteiger partial charge in [-0.3, -0.25) is 0 Å². The Morgan fingerprint density at radius 2 is 0.453 bits per heavy atom. The molecule has 0 bridgehead atoms. The van der Waals surface area contributed by atoms with Gasteiger partial charge in [0, 0.05) is 32.3 Å². The predicted molar refractivity (Wildman–Crippen MR) is 553 cm³/mol. The number of rotatable bonds is 4. The first-order valence-corrected chi connectivity index (χ1v) is 44.2. The van der Waals surface area contributed by atoms with Crippen LogP contribution >= 0.6 is 0 Å². The minimum atomic E-state index is 0.966. The van der Waals surface area contributed by atoms with Crippen LogP contribution in [-0.4, -0.2) is 0 Å². The number of hydrogen-bond acceptors (Lipinski definition) is 3. The maximum atomic E-state index is 5.78. The lowest BCUT2D eigenvalue weighted by Gasteiger charge is -2.09. The van der Waals surface area contributed by atoms with E-state index in [-0.39, 0.29) is 0 Å². The lowest BCUT2D eigenvalue weighted by atomic mass is 9.96. The van der Waals surface area contributed by atoms with Gasteiger partial charge in [-0.15, -0.1) is 0 Å². The zero-order valence-corrected chi connectivity index (χ0v) is 75.7. The van der Waals surface area contributed by atoms with Crippen LogP contribution in [0.5, 0.6) is 0 Å². The molecule has 0 atom stereocenters. The van der Waals surface area contributed by atoms with Gasteiger partial charge in [0.25, 0.3) is 0 Å². The molecule has 0 spiro atoms. The molecular formula is C125H110O3. The second-order valence-corrected chi connectivity index (χ2v) is 33.6. The molecule has 0 saturated carbocycles. The van der Waals surface area contributed by atoms with E-state index in [9.17, 15) is 0 Å². The molecule has 3 aromatic heterocycles. The molecule has 3 heterocycles. The van der Waals surface area contributed by atoms with Gasteiger partial charge in [0.05, 0.1) is 0 Å². The Morgan fingerprint density at radius 1 is 0.133 bits per heavy atom. The van der Waals surface area contributed by atoms with Crippen LogP contribution in [0.25, 0.3) is 153 Å². The maximum Gasteiger partial charge on any atom is 0.138 e. The molecule has 3 nitrogen and oxygen atoms in total. The standard InChI is InChI=1S/4C17H14.3C13H10O.2C9H12/c1-13-7-5-12-17-15(13)10-6-11-16(17)14-8-3-2-4-9-14;1-13-11-12-16(14-7-3-2-4-8-14)17-10-6-5-9-15(13)17;1-13-7-8-17-12-16(10-9-15(17)11-13)14-5-3-2-4-6-14;1-13-7-8-15-9-10-16(12-17(15)11-13)14-5-3-2-4-6-14;1-9-5-4-7-11-10-6-2-3-8-12(10)14-13(9)11;1-9-6-7-13-11(8-9)10-4-2-3-5-12(10)14-13;1-9-6-7-11-10-4-2-3-5-12(10)14-13(11)8-9;2*1-7-4-8(2)6-9(3)5-7/h4*2-12H,1H3;3*2-8H,1H3;2*4-6H,1-3H3. The summed E-state index contributed by atoms with van der Waals surface area (Å²) in [4.78, 5) is 0. The molecule has 23 aromatic rings. The fourth-order valence-corrected chi connectivity index (χ4v) is 17.0. The molecular weight excluding hydrogens is 1550 g/mol. The molecule has 628 valence electrons. The van der Waals surface area contributed by atoms with E-state index in [1.54, 1.807) is 0 Å². The van der Waals surface area contributed by atoms with Crippen molar-refractivity contribution in [2.75, 3.05) is 0 Å². The minimum absolute atomic E-state index is 0.966.